The zero-order chi connectivity index (χ0) is 14.5. The minimum atomic E-state index is -0.116. The molecule has 0 bridgehead atoms. The van der Waals surface area contributed by atoms with Gasteiger partial charge in [-0.2, -0.15) is 0 Å². The second-order valence-corrected chi connectivity index (χ2v) is 4.87. The zero-order valence-corrected chi connectivity index (χ0v) is 12.3. The maximum Gasteiger partial charge on any atom is 0.132 e. The van der Waals surface area contributed by atoms with E-state index in [0.717, 1.165) is 35.5 Å². The Morgan fingerprint density at radius 3 is 2.55 bits per heavy atom. The highest BCUT2D eigenvalue weighted by Crippen LogP contribution is 2.23. The lowest BCUT2D eigenvalue weighted by atomic mass is 10.1. The van der Waals surface area contributed by atoms with Gasteiger partial charge in [0.15, 0.2) is 0 Å². The fraction of sp³-hybridized carbons (Fsp3) is 0.467. The van der Waals surface area contributed by atoms with Crippen LogP contribution in [0.4, 0.5) is 0 Å². The quantitative estimate of drug-likeness (QED) is 0.879. The number of hydrogen-bond donors (Lipinski definition) is 1. The molecule has 0 amide bonds. The molecule has 0 saturated heterocycles. The third kappa shape index (κ3) is 2.99. The van der Waals surface area contributed by atoms with E-state index < -0.39 is 0 Å². The van der Waals surface area contributed by atoms with E-state index in [1.807, 2.05) is 32.0 Å². The van der Waals surface area contributed by atoms with Gasteiger partial charge in [0.2, 0.25) is 0 Å². The molecule has 0 aliphatic carbocycles. The van der Waals surface area contributed by atoms with Crippen LogP contribution in [0.1, 0.15) is 35.9 Å². The molecule has 1 heterocycles. The Kier molecular flexibility index (Phi) is 4.74. The van der Waals surface area contributed by atoms with E-state index >= 15 is 0 Å². The molecule has 1 aromatic heterocycles. The van der Waals surface area contributed by atoms with E-state index in [9.17, 15) is 5.11 Å². The van der Waals surface area contributed by atoms with E-state index in [0.29, 0.717) is 12.3 Å². The number of aryl methyl sites for hydroxylation is 3. The molecule has 1 N–H and O–H groups in total. The topological polar surface area (TPSA) is 60.2 Å². The van der Waals surface area contributed by atoms with E-state index in [1.165, 1.54) is 0 Å². The molecule has 2 aromatic rings. The minimum absolute atomic E-state index is 0.116. The highest BCUT2D eigenvalue weighted by atomic mass is 16.5. The molecule has 0 radical (unpaired) electrons. The van der Waals surface area contributed by atoms with Crippen LogP contribution in [0.3, 0.4) is 0 Å². The van der Waals surface area contributed by atoms with Crippen molar-refractivity contribution in [3.05, 3.63) is 40.7 Å². The van der Waals surface area contributed by atoms with Gasteiger partial charge in [-0.25, -0.2) is 4.68 Å². The van der Waals surface area contributed by atoms with E-state index in [1.54, 1.807) is 4.68 Å². The average Bonchev–Trinajstić information content (AvgIpc) is 2.81. The second-order valence-electron chi connectivity index (χ2n) is 4.87. The first-order valence-electron chi connectivity index (χ1n) is 6.88. The molecule has 0 saturated carbocycles. The van der Waals surface area contributed by atoms with Crippen molar-refractivity contribution in [2.24, 2.45) is 0 Å². The summed E-state index contributed by atoms with van der Waals surface area (Å²) >= 11 is 0. The third-order valence-corrected chi connectivity index (χ3v) is 3.27. The fourth-order valence-electron chi connectivity index (χ4n) is 2.21. The standard InChI is InChI=1S/C15H21N3O2/c1-4-8-18-14(13(9-19)16-17-18)10-20-15-11(2)6-5-7-12(15)3/h5-7,19H,4,8-10H2,1-3H3. The number of benzene rings is 1. The maximum absolute atomic E-state index is 9.33. The number of aliphatic hydroxyl groups excluding tert-OH is 1. The number of ether oxygens (including phenoxy) is 1. The molecular formula is C15H21N3O2. The Bertz CT molecular complexity index is 558. The summed E-state index contributed by atoms with van der Waals surface area (Å²) in [4.78, 5) is 0. The highest BCUT2D eigenvalue weighted by molar-refractivity contribution is 5.39. The second kappa shape index (κ2) is 6.52. The van der Waals surface area contributed by atoms with Crippen LogP contribution in [0.5, 0.6) is 5.75 Å². The molecular weight excluding hydrogens is 254 g/mol. The molecule has 0 aliphatic heterocycles. The van der Waals surface area contributed by atoms with Crippen LogP contribution >= 0.6 is 0 Å². The monoisotopic (exact) mass is 275 g/mol. The Labute approximate surface area is 119 Å². The van der Waals surface area contributed by atoms with Crippen molar-refractivity contribution in [2.75, 3.05) is 0 Å². The SMILES string of the molecule is CCCn1nnc(CO)c1COc1c(C)cccc1C. The largest absolute Gasteiger partial charge is 0.487 e. The first-order chi connectivity index (χ1) is 9.67. The molecule has 0 aliphatic rings. The summed E-state index contributed by atoms with van der Waals surface area (Å²) in [5, 5.41) is 17.4. The Balaban J connectivity index is 2.20. The molecule has 0 atom stereocenters. The number of aromatic nitrogens is 3. The van der Waals surface area contributed by atoms with Gasteiger partial charge in [-0.15, -0.1) is 5.10 Å². The maximum atomic E-state index is 9.33. The summed E-state index contributed by atoms with van der Waals surface area (Å²) in [5.41, 5.74) is 3.64. The lowest BCUT2D eigenvalue weighted by Gasteiger charge is -2.13. The van der Waals surface area contributed by atoms with Crippen molar-refractivity contribution in [3.8, 4) is 5.75 Å². The molecule has 0 spiro atoms. The summed E-state index contributed by atoms with van der Waals surface area (Å²) in [6.07, 6.45) is 0.963. The lowest BCUT2D eigenvalue weighted by Crippen LogP contribution is -2.10. The summed E-state index contributed by atoms with van der Waals surface area (Å²) < 4.78 is 7.73. The Morgan fingerprint density at radius 1 is 1.25 bits per heavy atom. The normalized spacial score (nSPS) is 10.8. The van der Waals surface area contributed by atoms with Gasteiger partial charge in [0.05, 0.1) is 6.61 Å². The molecule has 20 heavy (non-hydrogen) atoms. The number of para-hydroxylation sites is 1. The molecule has 0 unspecified atom stereocenters. The van der Waals surface area contributed by atoms with Crippen molar-refractivity contribution >= 4 is 0 Å². The zero-order valence-electron chi connectivity index (χ0n) is 12.3. The van der Waals surface area contributed by atoms with Crippen molar-refractivity contribution < 1.29 is 9.84 Å². The predicted octanol–water partition coefficient (Wildman–Crippen LogP) is 2.38. The smallest absolute Gasteiger partial charge is 0.132 e. The van der Waals surface area contributed by atoms with Gasteiger partial charge >= 0.3 is 0 Å². The number of rotatable bonds is 6. The van der Waals surface area contributed by atoms with Crippen LogP contribution in [0.25, 0.3) is 0 Å². The number of aliphatic hydroxyl groups is 1. The van der Waals surface area contributed by atoms with Crippen LogP contribution in [0, 0.1) is 13.8 Å². The summed E-state index contributed by atoms with van der Waals surface area (Å²) in [7, 11) is 0. The Morgan fingerprint density at radius 2 is 1.95 bits per heavy atom. The third-order valence-electron chi connectivity index (χ3n) is 3.27. The van der Waals surface area contributed by atoms with E-state index in [4.69, 9.17) is 4.74 Å². The van der Waals surface area contributed by atoms with E-state index in [2.05, 4.69) is 17.2 Å². The van der Waals surface area contributed by atoms with Crippen molar-refractivity contribution in [1.29, 1.82) is 0 Å². The van der Waals surface area contributed by atoms with Crippen molar-refractivity contribution in [1.82, 2.24) is 15.0 Å². The highest BCUT2D eigenvalue weighted by Gasteiger charge is 2.13. The molecule has 0 fully saturated rings. The minimum Gasteiger partial charge on any atom is -0.487 e. The van der Waals surface area contributed by atoms with Gasteiger partial charge < -0.3 is 9.84 Å². The van der Waals surface area contributed by atoms with Gasteiger partial charge in [-0.3, -0.25) is 0 Å². The van der Waals surface area contributed by atoms with E-state index in [-0.39, 0.29) is 6.61 Å². The Hall–Kier alpha value is -1.88. The van der Waals surface area contributed by atoms with Crippen molar-refractivity contribution in [2.45, 2.75) is 47.0 Å². The van der Waals surface area contributed by atoms with Gasteiger partial charge in [0, 0.05) is 6.54 Å². The van der Waals surface area contributed by atoms with Gasteiger partial charge in [-0.05, 0) is 31.4 Å². The van der Waals surface area contributed by atoms with Gasteiger partial charge in [0.25, 0.3) is 0 Å². The van der Waals surface area contributed by atoms with Crippen LogP contribution in [-0.4, -0.2) is 20.1 Å². The number of hydrogen-bond acceptors (Lipinski definition) is 4. The summed E-state index contributed by atoms with van der Waals surface area (Å²) in [6.45, 7) is 7.16. The first-order valence-corrected chi connectivity index (χ1v) is 6.88. The van der Waals surface area contributed by atoms with Crippen LogP contribution in [0.15, 0.2) is 18.2 Å². The van der Waals surface area contributed by atoms with Crippen LogP contribution in [-0.2, 0) is 19.8 Å². The van der Waals surface area contributed by atoms with Gasteiger partial charge in [-0.1, -0.05) is 30.3 Å². The molecule has 2 rings (SSSR count). The molecule has 108 valence electrons. The average molecular weight is 275 g/mol. The van der Waals surface area contributed by atoms with Crippen LogP contribution < -0.4 is 4.74 Å². The van der Waals surface area contributed by atoms with Crippen LogP contribution in [0.2, 0.25) is 0 Å². The molecule has 5 heteroatoms. The number of nitrogens with zero attached hydrogens (tertiary/aromatic N) is 3. The predicted molar refractivity (Wildman–Crippen MR) is 76.5 cm³/mol. The first kappa shape index (κ1) is 14.5. The summed E-state index contributed by atoms with van der Waals surface area (Å²) in [6, 6.07) is 6.06. The molecule has 1 aromatic carbocycles. The summed E-state index contributed by atoms with van der Waals surface area (Å²) in [5.74, 6) is 0.889. The van der Waals surface area contributed by atoms with Crippen molar-refractivity contribution in [3.63, 3.8) is 0 Å². The fourth-order valence-corrected chi connectivity index (χ4v) is 2.21. The van der Waals surface area contributed by atoms with Gasteiger partial charge in [0.1, 0.15) is 23.7 Å². The molecule has 5 nitrogen and oxygen atoms in total. The lowest BCUT2D eigenvalue weighted by molar-refractivity contribution is 0.260.